The predicted molar refractivity (Wildman–Crippen MR) is 70.5 cm³/mol. The van der Waals surface area contributed by atoms with E-state index in [1.807, 2.05) is 19.9 Å². The first-order valence-electron chi connectivity index (χ1n) is 6.15. The molecule has 0 radical (unpaired) electrons. The van der Waals surface area contributed by atoms with Gasteiger partial charge in [0.2, 0.25) is 5.75 Å². The minimum absolute atomic E-state index is 0.200. The molecule has 0 saturated carbocycles. The zero-order valence-corrected chi connectivity index (χ0v) is 11.5. The molecule has 0 amide bonds. The third-order valence-electron chi connectivity index (χ3n) is 3.08. The molecule has 0 aliphatic heterocycles. The van der Waals surface area contributed by atoms with Crippen LogP contribution in [0.4, 0.5) is 0 Å². The second-order valence-electron chi connectivity index (χ2n) is 4.26. The smallest absolute Gasteiger partial charge is 0.203 e. The number of aliphatic hydroxyl groups is 1. The molecular weight excluding hydrogens is 232 g/mol. The summed E-state index contributed by atoms with van der Waals surface area (Å²) in [5.74, 6) is 1.94. The van der Waals surface area contributed by atoms with Gasteiger partial charge in [-0.3, -0.25) is 0 Å². The minimum atomic E-state index is -0.496. The fourth-order valence-corrected chi connectivity index (χ4v) is 1.56. The molecule has 102 valence electrons. The van der Waals surface area contributed by atoms with Crippen molar-refractivity contribution in [3.63, 3.8) is 0 Å². The lowest BCUT2D eigenvalue weighted by atomic mass is 10.0. The van der Waals surface area contributed by atoms with Gasteiger partial charge in [-0.1, -0.05) is 26.3 Å². The summed E-state index contributed by atoms with van der Waals surface area (Å²) < 4.78 is 16.1. The molecule has 2 atom stereocenters. The number of ether oxygens (including phenoxy) is 3. The molecule has 18 heavy (non-hydrogen) atoms. The first-order valence-corrected chi connectivity index (χ1v) is 6.15. The first-order chi connectivity index (χ1) is 8.63. The highest BCUT2D eigenvalue weighted by Crippen LogP contribution is 2.36. The Morgan fingerprint density at radius 1 is 1.17 bits per heavy atom. The van der Waals surface area contributed by atoms with Crippen LogP contribution < -0.4 is 14.2 Å². The van der Waals surface area contributed by atoms with E-state index in [1.54, 1.807) is 26.4 Å². The molecule has 1 rings (SSSR count). The van der Waals surface area contributed by atoms with Crippen LogP contribution in [-0.4, -0.2) is 32.0 Å². The lowest BCUT2D eigenvalue weighted by molar-refractivity contribution is 0.0600. The molecule has 0 heterocycles. The molecule has 0 saturated heterocycles. The van der Waals surface area contributed by atoms with E-state index in [0.717, 1.165) is 6.42 Å². The summed E-state index contributed by atoms with van der Waals surface area (Å²) >= 11 is 0. The van der Waals surface area contributed by atoms with Gasteiger partial charge in [-0.2, -0.15) is 0 Å². The Labute approximate surface area is 108 Å². The maximum atomic E-state index is 9.90. The Morgan fingerprint density at radius 3 is 2.17 bits per heavy atom. The van der Waals surface area contributed by atoms with E-state index >= 15 is 0 Å². The molecule has 0 bridgehead atoms. The molecule has 0 aliphatic rings. The highest BCUT2D eigenvalue weighted by molar-refractivity contribution is 5.51. The number of hydrogen-bond donors (Lipinski definition) is 1. The Morgan fingerprint density at radius 2 is 1.72 bits per heavy atom. The van der Waals surface area contributed by atoms with Gasteiger partial charge in [0.1, 0.15) is 6.61 Å². The Balaban J connectivity index is 2.76. The summed E-state index contributed by atoms with van der Waals surface area (Å²) in [6.07, 6.45) is 0.415. The number of para-hydroxylation sites is 1. The summed E-state index contributed by atoms with van der Waals surface area (Å²) in [7, 11) is 3.15. The van der Waals surface area contributed by atoms with Gasteiger partial charge in [0.05, 0.1) is 20.3 Å². The van der Waals surface area contributed by atoms with Crippen molar-refractivity contribution in [2.45, 2.75) is 26.4 Å². The second kappa shape index (κ2) is 7.11. The van der Waals surface area contributed by atoms with Crippen molar-refractivity contribution in [2.75, 3.05) is 20.8 Å². The van der Waals surface area contributed by atoms with Crippen molar-refractivity contribution in [2.24, 2.45) is 5.92 Å². The van der Waals surface area contributed by atoms with E-state index < -0.39 is 6.10 Å². The molecule has 4 nitrogen and oxygen atoms in total. The standard InChI is InChI=1S/C14H22O4/c1-5-10(2)11(15)9-18-14-12(16-3)7-6-8-13(14)17-4/h6-8,10-11,15H,5,9H2,1-4H3. The molecule has 0 aromatic heterocycles. The average molecular weight is 254 g/mol. The van der Waals surface area contributed by atoms with Gasteiger partial charge < -0.3 is 19.3 Å². The summed E-state index contributed by atoms with van der Waals surface area (Å²) in [6, 6.07) is 5.43. The number of aliphatic hydroxyl groups excluding tert-OH is 1. The molecule has 0 fully saturated rings. The van der Waals surface area contributed by atoms with Crippen LogP contribution in [0.25, 0.3) is 0 Å². The maximum absolute atomic E-state index is 9.90. The Hall–Kier alpha value is -1.42. The fourth-order valence-electron chi connectivity index (χ4n) is 1.56. The van der Waals surface area contributed by atoms with Gasteiger partial charge in [0, 0.05) is 0 Å². The van der Waals surface area contributed by atoms with Crippen molar-refractivity contribution in [3.8, 4) is 17.2 Å². The van der Waals surface area contributed by atoms with Crippen molar-refractivity contribution in [3.05, 3.63) is 18.2 Å². The van der Waals surface area contributed by atoms with Crippen LogP contribution in [-0.2, 0) is 0 Å². The number of benzene rings is 1. The van der Waals surface area contributed by atoms with Crippen LogP contribution in [0.2, 0.25) is 0 Å². The third kappa shape index (κ3) is 3.53. The van der Waals surface area contributed by atoms with Gasteiger partial charge in [-0.25, -0.2) is 0 Å². The van der Waals surface area contributed by atoms with E-state index in [9.17, 15) is 5.11 Å². The summed E-state index contributed by atoms with van der Waals surface area (Å²) in [5, 5.41) is 9.90. The van der Waals surface area contributed by atoms with E-state index in [0.29, 0.717) is 17.2 Å². The van der Waals surface area contributed by atoms with Gasteiger partial charge in [0.15, 0.2) is 11.5 Å². The third-order valence-corrected chi connectivity index (χ3v) is 3.08. The number of methoxy groups -OCH3 is 2. The molecule has 4 heteroatoms. The largest absolute Gasteiger partial charge is 0.493 e. The first kappa shape index (κ1) is 14.6. The topological polar surface area (TPSA) is 47.9 Å². The van der Waals surface area contributed by atoms with Crippen LogP contribution in [0.15, 0.2) is 18.2 Å². The maximum Gasteiger partial charge on any atom is 0.203 e. The number of hydrogen-bond acceptors (Lipinski definition) is 4. The van der Waals surface area contributed by atoms with Gasteiger partial charge in [0.25, 0.3) is 0 Å². The minimum Gasteiger partial charge on any atom is -0.493 e. The van der Waals surface area contributed by atoms with Crippen LogP contribution in [0.3, 0.4) is 0 Å². The van der Waals surface area contributed by atoms with Gasteiger partial charge in [-0.15, -0.1) is 0 Å². The molecule has 1 aromatic rings. The molecule has 1 N–H and O–H groups in total. The normalized spacial score (nSPS) is 13.8. The van der Waals surface area contributed by atoms with Crippen molar-refractivity contribution < 1.29 is 19.3 Å². The van der Waals surface area contributed by atoms with E-state index in [1.165, 1.54) is 0 Å². The Kier molecular flexibility index (Phi) is 5.78. The molecule has 0 spiro atoms. The highest BCUT2D eigenvalue weighted by atomic mass is 16.5. The van der Waals surface area contributed by atoms with Crippen molar-refractivity contribution >= 4 is 0 Å². The molecule has 0 aliphatic carbocycles. The lowest BCUT2D eigenvalue weighted by Crippen LogP contribution is -2.25. The van der Waals surface area contributed by atoms with Gasteiger partial charge >= 0.3 is 0 Å². The molecule has 1 aromatic carbocycles. The quantitative estimate of drug-likeness (QED) is 0.812. The van der Waals surface area contributed by atoms with E-state index in [4.69, 9.17) is 14.2 Å². The van der Waals surface area contributed by atoms with Crippen LogP contribution in [0.1, 0.15) is 20.3 Å². The highest BCUT2D eigenvalue weighted by Gasteiger charge is 2.16. The Bertz CT molecular complexity index is 343. The predicted octanol–water partition coefficient (Wildman–Crippen LogP) is 2.49. The van der Waals surface area contributed by atoms with Crippen molar-refractivity contribution in [1.82, 2.24) is 0 Å². The zero-order valence-electron chi connectivity index (χ0n) is 11.5. The van der Waals surface area contributed by atoms with E-state index in [2.05, 4.69) is 0 Å². The van der Waals surface area contributed by atoms with Crippen LogP contribution in [0.5, 0.6) is 17.2 Å². The fraction of sp³-hybridized carbons (Fsp3) is 0.571. The summed E-state index contributed by atoms with van der Waals surface area (Å²) in [6.45, 7) is 4.26. The average Bonchev–Trinajstić information content (AvgIpc) is 2.43. The molecular formula is C14H22O4. The van der Waals surface area contributed by atoms with Crippen LogP contribution in [0, 0.1) is 5.92 Å². The lowest BCUT2D eigenvalue weighted by Gasteiger charge is -2.19. The SMILES string of the molecule is CCC(C)C(O)COc1c(OC)cccc1OC. The summed E-state index contributed by atoms with van der Waals surface area (Å²) in [4.78, 5) is 0. The zero-order chi connectivity index (χ0) is 13.5. The molecule has 2 unspecified atom stereocenters. The number of rotatable bonds is 7. The van der Waals surface area contributed by atoms with Crippen LogP contribution >= 0.6 is 0 Å². The summed E-state index contributed by atoms with van der Waals surface area (Å²) in [5.41, 5.74) is 0. The van der Waals surface area contributed by atoms with Gasteiger partial charge in [-0.05, 0) is 18.1 Å². The second-order valence-corrected chi connectivity index (χ2v) is 4.26. The van der Waals surface area contributed by atoms with Crippen molar-refractivity contribution in [1.29, 1.82) is 0 Å². The monoisotopic (exact) mass is 254 g/mol. The van der Waals surface area contributed by atoms with E-state index in [-0.39, 0.29) is 12.5 Å².